The number of esters is 1. The zero-order chi connectivity index (χ0) is 34.7. The Labute approximate surface area is 296 Å². The molecule has 0 spiro atoms. The molecular formula is C35H33Cl3N2O7S. The van der Waals surface area contributed by atoms with Crippen LogP contribution in [0, 0.1) is 0 Å². The number of carbonyl (C=O) groups is 1. The molecule has 0 fully saturated rings. The summed E-state index contributed by atoms with van der Waals surface area (Å²) in [6.45, 7) is 7.56. The van der Waals surface area contributed by atoms with Crippen molar-refractivity contribution in [3.05, 3.63) is 111 Å². The molecule has 1 aliphatic heterocycles. The number of ether oxygens (including phenoxy) is 5. The van der Waals surface area contributed by atoms with Crippen molar-refractivity contribution in [3.8, 4) is 23.0 Å². The lowest BCUT2D eigenvalue weighted by Crippen LogP contribution is -2.40. The number of hydrogen-bond acceptors (Lipinski definition) is 9. The van der Waals surface area contributed by atoms with E-state index in [9.17, 15) is 9.59 Å². The monoisotopic (exact) mass is 730 g/mol. The first-order valence-electron chi connectivity index (χ1n) is 14.9. The number of fused-ring (bicyclic) bond motifs is 1. The number of thiazole rings is 1. The van der Waals surface area contributed by atoms with Crippen LogP contribution in [0.3, 0.4) is 0 Å². The molecule has 252 valence electrons. The van der Waals surface area contributed by atoms with Gasteiger partial charge in [0.1, 0.15) is 6.61 Å². The van der Waals surface area contributed by atoms with Crippen molar-refractivity contribution in [3.63, 3.8) is 0 Å². The van der Waals surface area contributed by atoms with E-state index in [4.69, 9.17) is 58.5 Å². The summed E-state index contributed by atoms with van der Waals surface area (Å²) in [6, 6.07) is 13.0. The average molecular weight is 732 g/mol. The summed E-state index contributed by atoms with van der Waals surface area (Å²) in [5, 5.41) is 1.25. The van der Waals surface area contributed by atoms with Crippen LogP contribution in [-0.2, 0) is 16.1 Å². The Morgan fingerprint density at radius 3 is 2.42 bits per heavy atom. The quantitative estimate of drug-likeness (QED) is 0.151. The molecule has 0 saturated carbocycles. The summed E-state index contributed by atoms with van der Waals surface area (Å²) in [5.74, 6) is 1.12. The van der Waals surface area contributed by atoms with Gasteiger partial charge in [-0.05, 0) is 81.3 Å². The topological polar surface area (TPSA) is 97.6 Å². The number of hydrogen-bond donors (Lipinski definition) is 0. The molecule has 4 aromatic rings. The number of aromatic nitrogens is 1. The highest BCUT2D eigenvalue weighted by Gasteiger charge is 2.34. The summed E-state index contributed by atoms with van der Waals surface area (Å²) in [4.78, 5) is 32.6. The fourth-order valence-electron chi connectivity index (χ4n) is 5.22. The third-order valence-corrected chi connectivity index (χ3v) is 9.17. The van der Waals surface area contributed by atoms with Crippen LogP contribution in [0.5, 0.6) is 23.0 Å². The van der Waals surface area contributed by atoms with Crippen LogP contribution >= 0.6 is 46.1 Å². The van der Waals surface area contributed by atoms with Gasteiger partial charge in [-0.1, -0.05) is 58.3 Å². The minimum Gasteiger partial charge on any atom is -0.493 e. The zero-order valence-corrected chi connectivity index (χ0v) is 30.1. The number of rotatable bonds is 11. The Morgan fingerprint density at radius 2 is 1.75 bits per heavy atom. The molecule has 0 N–H and O–H groups in total. The maximum Gasteiger partial charge on any atom is 0.338 e. The summed E-state index contributed by atoms with van der Waals surface area (Å²) in [5.41, 5.74) is 2.28. The van der Waals surface area contributed by atoms with Gasteiger partial charge in [0.05, 0.1) is 53.8 Å². The van der Waals surface area contributed by atoms with Crippen LogP contribution in [0.1, 0.15) is 50.4 Å². The molecule has 2 heterocycles. The summed E-state index contributed by atoms with van der Waals surface area (Å²) >= 11 is 20.2. The largest absolute Gasteiger partial charge is 0.493 e. The van der Waals surface area contributed by atoms with Crippen molar-refractivity contribution in [2.75, 3.05) is 20.8 Å². The Hall–Kier alpha value is -3.96. The van der Waals surface area contributed by atoms with Crippen molar-refractivity contribution < 1.29 is 28.5 Å². The van der Waals surface area contributed by atoms with Crippen molar-refractivity contribution in [2.24, 2.45) is 4.99 Å². The predicted molar refractivity (Wildman–Crippen MR) is 188 cm³/mol. The Balaban J connectivity index is 1.59. The van der Waals surface area contributed by atoms with E-state index in [1.54, 1.807) is 68.5 Å². The van der Waals surface area contributed by atoms with E-state index < -0.39 is 12.0 Å². The predicted octanol–water partition coefficient (Wildman–Crippen LogP) is 7.14. The molecule has 9 nitrogen and oxygen atoms in total. The SMILES string of the molecule is CCOC(=O)C1=C(C)N=c2s/c(=C\c3cc(Cl)c(OCc4ccc(Cl)cc4Cl)c(OC)c3)c(=O)n2[C@H]1c1ccc(OC(C)C)c(OC)c1. The van der Waals surface area contributed by atoms with Crippen LogP contribution in [-0.4, -0.2) is 37.5 Å². The number of halogens is 3. The lowest BCUT2D eigenvalue weighted by atomic mass is 9.95. The number of nitrogens with zero attached hydrogens (tertiary/aromatic N) is 2. The van der Waals surface area contributed by atoms with Crippen molar-refractivity contribution in [1.29, 1.82) is 0 Å². The van der Waals surface area contributed by atoms with E-state index in [2.05, 4.69) is 4.99 Å². The first kappa shape index (κ1) is 35.3. The molecular weight excluding hydrogens is 699 g/mol. The Morgan fingerprint density at radius 1 is 1.00 bits per heavy atom. The molecule has 0 saturated heterocycles. The maximum atomic E-state index is 14.2. The van der Waals surface area contributed by atoms with Gasteiger partial charge in [-0.15, -0.1) is 0 Å². The third kappa shape index (κ3) is 7.37. The standard InChI is InChI=1S/C35H33Cl3N2O7S/c1-7-45-34(42)30-19(4)39-35-40(31(30)21-9-11-26(47-18(2)3)27(15-21)43-5)33(41)29(48-35)14-20-12-25(38)32(28(13-20)44-6)46-17-22-8-10-23(36)16-24(22)37/h8-16,18,31H,7,17H2,1-6H3/b29-14-/t31-/m0/s1. The van der Waals surface area contributed by atoms with Crippen molar-refractivity contribution in [2.45, 2.75) is 46.4 Å². The first-order chi connectivity index (χ1) is 22.9. The zero-order valence-electron chi connectivity index (χ0n) is 27.1. The molecule has 48 heavy (non-hydrogen) atoms. The fourth-order valence-corrected chi connectivity index (χ4v) is 7.00. The molecule has 5 rings (SSSR count). The molecule has 0 aliphatic carbocycles. The number of carbonyl (C=O) groups excluding carboxylic acids is 1. The van der Waals surface area contributed by atoms with E-state index in [0.29, 0.717) is 59.2 Å². The van der Waals surface area contributed by atoms with Crippen LogP contribution < -0.4 is 33.8 Å². The molecule has 1 atom stereocenters. The number of methoxy groups -OCH3 is 2. The number of allylic oxidation sites excluding steroid dienone is 1. The highest BCUT2D eigenvalue weighted by Crippen LogP contribution is 2.39. The first-order valence-corrected chi connectivity index (χ1v) is 16.9. The molecule has 0 radical (unpaired) electrons. The second kappa shape index (κ2) is 15.1. The van der Waals surface area contributed by atoms with Crippen LogP contribution in [0.25, 0.3) is 6.08 Å². The Kier molecular flexibility index (Phi) is 11.1. The van der Waals surface area contributed by atoms with Gasteiger partial charge in [-0.3, -0.25) is 9.36 Å². The molecule has 13 heteroatoms. The molecule has 1 aliphatic rings. The van der Waals surface area contributed by atoms with Crippen LogP contribution in [0.2, 0.25) is 15.1 Å². The molecule has 0 bridgehead atoms. The van der Waals surface area contributed by atoms with E-state index >= 15 is 0 Å². The van der Waals surface area contributed by atoms with Gasteiger partial charge in [0.15, 0.2) is 27.8 Å². The van der Waals surface area contributed by atoms with Gasteiger partial charge in [0.25, 0.3) is 5.56 Å². The van der Waals surface area contributed by atoms with E-state index in [0.717, 1.165) is 5.56 Å². The highest BCUT2D eigenvalue weighted by molar-refractivity contribution is 7.07. The van der Waals surface area contributed by atoms with E-state index in [-0.39, 0.29) is 35.5 Å². The average Bonchev–Trinajstić information content (AvgIpc) is 3.34. The van der Waals surface area contributed by atoms with Crippen molar-refractivity contribution in [1.82, 2.24) is 4.57 Å². The van der Waals surface area contributed by atoms with Gasteiger partial charge in [0.2, 0.25) is 0 Å². The van der Waals surface area contributed by atoms with E-state index in [1.807, 2.05) is 13.8 Å². The second-order valence-corrected chi connectivity index (χ2v) is 13.2. The smallest absolute Gasteiger partial charge is 0.338 e. The molecule has 1 aromatic heterocycles. The molecule has 0 unspecified atom stereocenters. The third-order valence-electron chi connectivity index (χ3n) is 7.32. The fraction of sp³-hybridized carbons (Fsp3) is 0.286. The van der Waals surface area contributed by atoms with Gasteiger partial charge in [-0.2, -0.15) is 0 Å². The van der Waals surface area contributed by atoms with E-state index in [1.165, 1.54) is 30.1 Å². The maximum absolute atomic E-state index is 14.2. The summed E-state index contributed by atoms with van der Waals surface area (Å²) in [6.07, 6.45) is 1.60. The second-order valence-electron chi connectivity index (χ2n) is 10.9. The normalized spacial score (nSPS) is 14.5. The van der Waals surface area contributed by atoms with Gasteiger partial charge >= 0.3 is 5.97 Å². The van der Waals surface area contributed by atoms with Gasteiger partial charge in [-0.25, -0.2) is 9.79 Å². The summed E-state index contributed by atoms with van der Waals surface area (Å²) in [7, 11) is 3.03. The minimum absolute atomic E-state index is 0.0885. The van der Waals surface area contributed by atoms with Crippen molar-refractivity contribution >= 4 is 58.2 Å². The highest BCUT2D eigenvalue weighted by atomic mass is 35.5. The van der Waals surface area contributed by atoms with Gasteiger partial charge < -0.3 is 23.7 Å². The molecule has 0 amide bonds. The minimum atomic E-state index is -0.835. The van der Waals surface area contributed by atoms with Crippen LogP contribution in [0.4, 0.5) is 0 Å². The van der Waals surface area contributed by atoms with Gasteiger partial charge in [0, 0.05) is 15.6 Å². The lowest BCUT2D eigenvalue weighted by molar-refractivity contribution is -0.139. The Bertz CT molecular complexity index is 2090. The lowest BCUT2D eigenvalue weighted by Gasteiger charge is -2.25. The molecule has 3 aromatic carbocycles. The summed E-state index contributed by atoms with van der Waals surface area (Å²) < 4.78 is 30.4. The number of benzene rings is 3. The van der Waals surface area contributed by atoms with Crippen LogP contribution in [0.15, 0.2) is 69.6 Å².